The molecule has 1 aromatic heterocycles. The van der Waals surface area contributed by atoms with Gasteiger partial charge < -0.3 is 15.2 Å². The van der Waals surface area contributed by atoms with Gasteiger partial charge in [0.15, 0.2) is 11.9 Å². The van der Waals surface area contributed by atoms with E-state index in [9.17, 15) is 5.11 Å². The molecule has 0 aliphatic carbocycles. The van der Waals surface area contributed by atoms with E-state index in [0.717, 1.165) is 21.3 Å². The number of anilines is 1. The molecule has 0 radical (unpaired) electrons. The summed E-state index contributed by atoms with van der Waals surface area (Å²) in [7, 11) is 0. The third-order valence-corrected chi connectivity index (χ3v) is 5.04. The molecule has 1 unspecified atom stereocenters. The van der Waals surface area contributed by atoms with Crippen LogP contribution in [0.3, 0.4) is 0 Å². The Bertz CT molecular complexity index is 954. The van der Waals surface area contributed by atoms with Gasteiger partial charge in [-0.1, -0.05) is 45.9 Å². The Morgan fingerprint density at radius 1 is 1.20 bits per heavy atom. The van der Waals surface area contributed by atoms with Gasteiger partial charge in [-0.05, 0) is 30.5 Å². The molecule has 0 saturated heterocycles. The SMILES string of the molecule is CSc1nnc2c(n1)OC(c1cc(O)ccc1Br)Nc1ccccc1-2. The standard InChI is InChI=1S/C17H13BrN4O2S/c1-25-17-20-16-14(21-22-17)10-4-2-3-5-13(10)19-15(24-16)11-8-9(23)6-7-12(11)18/h2-8,15,19,23H,1H3. The fraction of sp³-hybridized carbons (Fsp3) is 0.118. The second kappa shape index (κ2) is 6.53. The van der Waals surface area contributed by atoms with Crippen LogP contribution in [0, 0.1) is 0 Å². The molecule has 1 aliphatic rings. The topological polar surface area (TPSA) is 80.2 Å². The van der Waals surface area contributed by atoms with Gasteiger partial charge in [0.25, 0.3) is 0 Å². The van der Waals surface area contributed by atoms with Crippen molar-refractivity contribution in [3.63, 3.8) is 0 Å². The van der Waals surface area contributed by atoms with E-state index in [2.05, 4.69) is 36.4 Å². The van der Waals surface area contributed by atoms with Crippen LogP contribution < -0.4 is 10.1 Å². The van der Waals surface area contributed by atoms with E-state index in [1.165, 1.54) is 11.8 Å². The number of aromatic nitrogens is 3. The molecule has 2 heterocycles. The number of halogens is 1. The van der Waals surface area contributed by atoms with Crippen molar-refractivity contribution in [1.82, 2.24) is 15.2 Å². The number of phenols is 1. The lowest BCUT2D eigenvalue weighted by atomic mass is 10.1. The lowest BCUT2D eigenvalue weighted by Crippen LogP contribution is -2.17. The summed E-state index contributed by atoms with van der Waals surface area (Å²) < 4.78 is 6.94. The van der Waals surface area contributed by atoms with Gasteiger partial charge in [-0.25, -0.2) is 0 Å². The first-order valence-corrected chi connectivity index (χ1v) is 9.47. The summed E-state index contributed by atoms with van der Waals surface area (Å²) in [6.45, 7) is 0. The molecule has 4 rings (SSSR count). The van der Waals surface area contributed by atoms with E-state index in [1.54, 1.807) is 18.2 Å². The normalized spacial score (nSPS) is 15.4. The maximum absolute atomic E-state index is 9.87. The second-order valence-electron chi connectivity index (χ2n) is 5.35. The van der Waals surface area contributed by atoms with Crippen LogP contribution >= 0.6 is 27.7 Å². The number of hydrogen-bond acceptors (Lipinski definition) is 7. The molecule has 0 fully saturated rings. The van der Waals surface area contributed by atoms with Crippen LogP contribution in [-0.4, -0.2) is 26.5 Å². The van der Waals surface area contributed by atoms with Gasteiger partial charge in [0.05, 0.1) is 0 Å². The highest BCUT2D eigenvalue weighted by molar-refractivity contribution is 9.10. The molecule has 25 heavy (non-hydrogen) atoms. The Hall–Kier alpha value is -2.32. The van der Waals surface area contributed by atoms with E-state index in [0.29, 0.717) is 16.7 Å². The molecule has 8 heteroatoms. The largest absolute Gasteiger partial charge is 0.508 e. The van der Waals surface area contributed by atoms with Crippen molar-refractivity contribution in [3.05, 3.63) is 52.5 Å². The first kappa shape index (κ1) is 16.2. The van der Waals surface area contributed by atoms with Gasteiger partial charge in [0, 0.05) is 21.3 Å². The number of nitrogens with one attached hydrogen (secondary N) is 1. The highest BCUT2D eigenvalue weighted by Crippen LogP contribution is 2.41. The number of nitrogens with zero attached hydrogens (tertiary/aromatic N) is 3. The first-order valence-electron chi connectivity index (χ1n) is 7.45. The summed E-state index contributed by atoms with van der Waals surface area (Å²) >= 11 is 4.91. The van der Waals surface area contributed by atoms with E-state index < -0.39 is 6.23 Å². The minimum absolute atomic E-state index is 0.159. The molecular weight excluding hydrogens is 404 g/mol. The first-order chi connectivity index (χ1) is 12.2. The predicted molar refractivity (Wildman–Crippen MR) is 99.8 cm³/mol. The number of para-hydroxylation sites is 1. The lowest BCUT2D eigenvalue weighted by molar-refractivity contribution is 0.224. The molecule has 6 nitrogen and oxygen atoms in total. The third-order valence-electron chi connectivity index (χ3n) is 3.78. The van der Waals surface area contributed by atoms with Gasteiger partial charge in [0.2, 0.25) is 11.0 Å². The summed E-state index contributed by atoms with van der Waals surface area (Å²) in [4.78, 5) is 4.47. The van der Waals surface area contributed by atoms with Crippen LogP contribution in [0.1, 0.15) is 11.8 Å². The molecule has 1 atom stereocenters. The van der Waals surface area contributed by atoms with Crippen molar-refractivity contribution in [2.45, 2.75) is 11.4 Å². The number of phenolic OH excluding ortho intramolecular Hbond substituents is 1. The minimum Gasteiger partial charge on any atom is -0.508 e. The van der Waals surface area contributed by atoms with Gasteiger partial charge in [-0.3, -0.25) is 0 Å². The number of fused-ring (bicyclic) bond motifs is 3. The van der Waals surface area contributed by atoms with Crippen LogP contribution in [0.2, 0.25) is 0 Å². The highest BCUT2D eigenvalue weighted by Gasteiger charge is 2.27. The third kappa shape index (κ3) is 3.03. The number of rotatable bonds is 2. The molecular formula is C17H13BrN4O2S. The molecule has 0 bridgehead atoms. The maximum Gasteiger partial charge on any atom is 0.247 e. The van der Waals surface area contributed by atoms with Crippen LogP contribution in [0.4, 0.5) is 5.69 Å². The molecule has 0 amide bonds. The number of benzene rings is 2. The molecule has 0 saturated carbocycles. The smallest absolute Gasteiger partial charge is 0.247 e. The van der Waals surface area contributed by atoms with Gasteiger partial charge in [-0.15, -0.1) is 10.2 Å². The quantitative estimate of drug-likeness (QED) is 0.604. The molecule has 2 N–H and O–H groups in total. The minimum atomic E-state index is -0.546. The Morgan fingerprint density at radius 2 is 2.04 bits per heavy atom. The summed E-state index contributed by atoms with van der Waals surface area (Å²) in [5.74, 6) is 0.559. The van der Waals surface area contributed by atoms with Gasteiger partial charge in [0.1, 0.15) is 5.75 Å². The van der Waals surface area contributed by atoms with Crippen molar-refractivity contribution in [1.29, 1.82) is 0 Å². The summed E-state index contributed by atoms with van der Waals surface area (Å²) in [5, 5.41) is 22.2. The molecule has 126 valence electrons. The molecule has 1 aliphatic heterocycles. The van der Waals surface area contributed by atoms with E-state index in [1.807, 2.05) is 30.5 Å². The van der Waals surface area contributed by atoms with Gasteiger partial charge >= 0.3 is 0 Å². The Kier molecular flexibility index (Phi) is 4.22. The average Bonchev–Trinajstić information content (AvgIpc) is 2.79. The maximum atomic E-state index is 9.87. The summed E-state index contributed by atoms with van der Waals surface area (Å²) in [6, 6.07) is 12.8. The Labute approximate surface area is 156 Å². The van der Waals surface area contributed by atoms with Crippen molar-refractivity contribution in [3.8, 4) is 22.9 Å². The van der Waals surface area contributed by atoms with Crippen molar-refractivity contribution in [2.24, 2.45) is 0 Å². The van der Waals surface area contributed by atoms with Crippen LogP contribution in [-0.2, 0) is 0 Å². The molecule has 3 aromatic rings. The second-order valence-corrected chi connectivity index (χ2v) is 6.97. The monoisotopic (exact) mass is 416 g/mol. The molecule has 2 aromatic carbocycles. The number of thioether (sulfide) groups is 1. The fourth-order valence-electron chi connectivity index (χ4n) is 2.61. The number of hydrogen-bond donors (Lipinski definition) is 2. The Morgan fingerprint density at radius 3 is 2.88 bits per heavy atom. The summed E-state index contributed by atoms with van der Waals surface area (Å²) in [5.41, 5.74) is 3.06. The predicted octanol–water partition coefficient (Wildman–Crippen LogP) is 4.23. The molecule has 0 spiro atoms. The summed E-state index contributed by atoms with van der Waals surface area (Å²) in [6.07, 6.45) is 1.34. The van der Waals surface area contributed by atoms with Crippen LogP contribution in [0.25, 0.3) is 11.3 Å². The zero-order valence-corrected chi connectivity index (χ0v) is 15.5. The highest BCUT2D eigenvalue weighted by atomic mass is 79.9. The zero-order chi connectivity index (χ0) is 17.4. The Balaban J connectivity index is 1.89. The van der Waals surface area contributed by atoms with Crippen molar-refractivity contribution >= 4 is 33.4 Å². The fourth-order valence-corrected chi connectivity index (χ4v) is 3.36. The van der Waals surface area contributed by atoms with Crippen molar-refractivity contribution in [2.75, 3.05) is 11.6 Å². The van der Waals surface area contributed by atoms with Gasteiger partial charge in [-0.2, -0.15) is 4.98 Å². The average molecular weight is 417 g/mol. The van der Waals surface area contributed by atoms with E-state index in [-0.39, 0.29) is 5.75 Å². The van der Waals surface area contributed by atoms with Crippen LogP contribution in [0.15, 0.2) is 52.1 Å². The van der Waals surface area contributed by atoms with Crippen LogP contribution in [0.5, 0.6) is 11.6 Å². The zero-order valence-electron chi connectivity index (χ0n) is 13.1. The van der Waals surface area contributed by atoms with E-state index >= 15 is 0 Å². The van der Waals surface area contributed by atoms with E-state index in [4.69, 9.17) is 4.74 Å². The lowest BCUT2D eigenvalue weighted by Gasteiger charge is -2.20. The number of ether oxygens (including phenoxy) is 1. The van der Waals surface area contributed by atoms with Crippen molar-refractivity contribution < 1.29 is 9.84 Å². The number of aromatic hydroxyl groups is 1.